The quantitative estimate of drug-likeness (QED) is 0.312. The van der Waals surface area contributed by atoms with E-state index in [2.05, 4.69) is 47.8 Å². The van der Waals surface area contributed by atoms with Crippen molar-refractivity contribution in [3.63, 3.8) is 0 Å². The first-order chi connectivity index (χ1) is 16.1. The Bertz CT molecular complexity index is 1300. The number of hydrogen-bond donors (Lipinski definition) is 0. The highest BCUT2D eigenvalue weighted by Gasteiger charge is 2.12. The Labute approximate surface area is 200 Å². The van der Waals surface area contributed by atoms with Crippen LogP contribution in [0.5, 0.6) is 0 Å². The van der Waals surface area contributed by atoms with Crippen LogP contribution >= 0.6 is 0 Å². The van der Waals surface area contributed by atoms with E-state index in [1.165, 1.54) is 24.3 Å². The van der Waals surface area contributed by atoms with Gasteiger partial charge in [-0.25, -0.2) is 26.0 Å². The van der Waals surface area contributed by atoms with E-state index >= 15 is 0 Å². The maximum atomic E-state index is 11.0. The third-order valence-corrected chi connectivity index (χ3v) is 6.45. The first-order valence-electron chi connectivity index (χ1n) is 10.4. The summed E-state index contributed by atoms with van der Waals surface area (Å²) in [5, 5.41) is -0.158. The second kappa shape index (κ2) is 12.3. The summed E-state index contributed by atoms with van der Waals surface area (Å²) in [7, 11) is -9.48. The molecule has 0 aliphatic rings. The molecule has 0 saturated carbocycles. The molecule has 0 aliphatic carbocycles. The molecule has 4 aromatic rings. The molecular weight excluding hydrogens is 476 g/mol. The van der Waals surface area contributed by atoms with Gasteiger partial charge in [-0.15, -0.1) is 0 Å². The summed E-state index contributed by atoms with van der Waals surface area (Å²) < 4.78 is 70.4. The summed E-state index contributed by atoms with van der Waals surface area (Å²) in [6.07, 6.45) is 8.22. The van der Waals surface area contributed by atoms with Crippen LogP contribution in [0.4, 0.5) is 0 Å². The van der Waals surface area contributed by atoms with Gasteiger partial charge >= 0.3 is 0 Å². The van der Waals surface area contributed by atoms with Gasteiger partial charge in [-0.2, -0.15) is 0 Å². The van der Waals surface area contributed by atoms with Gasteiger partial charge in [-0.05, 0) is 26.0 Å². The lowest BCUT2D eigenvalue weighted by Crippen LogP contribution is -2.30. The highest BCUT2D eigenvalue weighted by Crippen LogP contribution is 2.27. The van der Waals surface area contributed by atoms with Crippen LogP contribution in [0.3, 0.4) is 0 Å². The molecule has 0 aliphatic heterocycles. The van der Waals surface area contributed by atoms with Crippen molar-refractivity contribution in [2.75, 3.05) is 0 Å². The molecule has 2 aromatic heterocycles. The van der Waals surface area contributed by atoms with Gasteiger partial charge in [0.25, 0.3) is 0 Å². The summed E-state index contributed by atoms with van der Waals surface area (Å²) in [6.45, 7) is 6.36. The van der Waals surface area contributed by atoms with E-state index in [4.69, 9.17) is 0 Å². The predicted octanol–water partition coefficient (Wildman–Crippen LogP) is 2.64. The Balaban J connectivity index is 0.000000210. The van der Waals surface area contributed by atoms with E-state index in [1.807, 2.05) is 36.4 Å². The number of aryl methyl sites for hydroxylation is 2. The fourth-order valence-electron chi connectivity index (χ4n) is 2.98. The average molecular weight is 503 g/mol. The van der Waals surface area contributed by atoms with E-state index in [-0.39, 0.29) is 10.8 Å². The van der Waals surface area contributed by atoms with Gasteiger partial charge in [-0.1, -0.05) is 36.4 Å². The molecule has 0 saturated heterocycles. The lowest BCUT2D eigenvalue weighted by Gasteiger charge is -2.14. The second-order valence-corrected chi connectivity index (χ2v) is 9.62. The standard InChI is InChI=1S/C10H8O6S2.2C7H10N/c11-17(12,13)9-5-1-3-7-8(9)4-2-6-10(7)18(14,15)16;2*1-2-8-6-4-3-5-7-8/h1-6H,(H,11,12,13)(H,14,15,16);2*3-7H,2H2,1H3/q;2*+1/p-2. The van der Waals surface area contributed by atoms with Gasteiger partial charge in [0.05, 0.1) is 9.79 Å². The molecule has 0 spiro atoms. The third kappa shape index (κ3) is 7.99. The van der Waals surface area contributed by atoms with Crippen molar-refractivity contribution >= 4 is 31.0 Å². The lowest BCUT2D eigenvalue weighted by molar-refractivity contribution is -0.693. The molecule has 0 unspecified atom stereocenters. The summed E-state index contributed by atoms with van der Waals surface area (Å²) in [4.78, 5) is -1.10. The summed E-state index contributed by atoms with van der Waals surface area (Å²) in [5.41, 5.74) is 0. The van der Waals surface area contributed by atoms with Gasteiger partial charge in [-0.3, -0.25) is 0 Å². The Morgan fingerprint density at radius 1 is 0.559 bits per heavy atom. The van der Waals surface area contributed by atoms with Crippen LogP contribution in [0.15, 0.2) is 107 Å². The van der Waals surface area contributed by atoms with Crippen LogP contribution in [0.1, 0.15) is 13.8 Å². The SMILES string of the molecule is CC[n+]1ccccc1.CC[n+]1ccccc1.O=S(=O)([O-])c1cccc2c(S(=O)(=O)[O-])cccc12. The van der Waals surface area contributed by atoms with Gasteiger partial charge in [0, 0.05) is 35.0 Å². The molecule has 2 aromatic carbocycles. The van der Waals surface area contributed by atoms with Gasteiger partial charge in [0.1, 0.15) is 33.3 Å². The topological polar surface area (TPSA) is 122 Å². The number of rotatable bonds is 4. The van der Waals surface area contributed by atoms with E-state index in [0.717, 1.165) is 25.2 Å². The smallest absolute Gasteiger partial charge is 0.168 e. The Kier molecular flexibility index (Phi) is 9.82. The molecule has 8 nitrogen and oxygen atoms in total. The van der Waals surface area contributed by atoms with Crippen LogP contribution in [-0.4, -0.2) is 25.9 Å². The summed E-state index contributed by atoms with van der Waals surface area (Å²) in [5.74, 6) is 0. The fraction of sp³-hybridized carbons (Fsp3) is 0.167. The minimum Gasteiger partial charge on any atom is -0.744 e. The third-order valence-electron chi connectivity index (χ3n) is 4.67. The minimum absolute atomic E-state index is 0.0792. The Morgan fingerprint density at radius 2 is 0.882 bits per heavy atom. The van der Waals surface area contributed by atoms with Crippen LogP contribution < -0.4 is 9.13 Å². The number of hydrogen-bond acceptors (Lipinski definition) is 6. The minimum atomic E-state index is -4.74. The van der Waals surface area contributed by atoms with Crippen molar-refractivity contribution in [3.05, 3.63) is 97.6 Å². The second-order valence-electron chi connectivity index (χ2n) is 6.93. The van der Waals surface area contributed by atoms with Crippen molar-refractivity contribution in [2.45, 2.75) is 36.7 Å². The fourth-order valence-corrected chi connectivity index (χ4v) is 4.36. The Morgan fingerprint density at radius 3 is 1.12 bits per heavy atom. The van der Waals surface area contributed by atoms with Crippen molar-refractivity contribution in [1.29, 1.82) is 0 Å². The lowest BCUT2D eigenvalue weighted by atomic mass is 10.1. The molecule has 0 N–H and O–H groups in total. The van der Waals surface area contributed by atoms with Crippen molar-refractivity contribution in [1.82, 2.24) is 0 Å². The molecule has 0 bridgehead atoms. The normalized spacial score (nSPS) is 11.1. The Hall–Kier alpha value is -3.18. The van der Waals surface area contributed by atoms with Gasteiger partial charge in [0.2, 0.25) is 0 Å². The molecule has 2 heterocycles. The van der Waals surface area contributed by atoms with Crippen LogP contribution in [0.25, 0.3) is 10.8 Å². The zero-order valence-electron chi connectivity index (χ0n) is 18.8. The molecule has 34 heavy (non-hydrogen) atoms. The van der Waals surface area contributed by atoms with E-state index < -0.39 is 30.0 Å². The van der Waals surface area contributed by atoms with Crippen LogP contribution in [0, 0.1) is 0 Å². The highest BCUT2D eigenvalue weighted by molar-refractivity contribution is 7.86. The van der Waals surface area contributed by atoms with Crippen LogP contribution in [0.2, 0.25) is 0 Å². The van der Waals surface area contributed by atoms with Crippen molar-refractivity contribution in [2.24, 2.45) is 0 Å². The van der Waals surface area contributed by atoms with Gasteiger partial charge in [0.15, 0.2) is 24.8 Å². The molecule has 0 radical (unpaired) electrons. The molecule has 0 fully saturated rings. The zero-order chi connectivity index (χ0) is 25.2. The van der Waals surface area contributed by atoms with Crippen molar-refractivity contribution < 1.29 is 35.1 Å². The first-order valence-corrected chi connectivity index (χ1v) is 13.2. The maximum absolute atomic E-state index is 11.0. The number of aromatic nitrogens is 2. The summed E-state index contributed by atoms with van der Waals surface area (Å²) in [6, 6.07) is 19.3. The van der Waals surface area contributed by atoms with Gasteiger partial charge < -0.3 is 9.11 Å². The first kappa shape index (κ1) is 27.1. The van der Waals surface area contributed by atoms with E-state index in [0.29, 0.717) is 0 Å². The number of benzene rings is 2. The molecule has 10 heteroatoms. The molecular formula is C24H26N2O6S2. The zero-order valence-corrected chi connectivity index (χ0v) is 20.4. The van der Waals surface area contributed by atoms with Crippen LogP contribution in [-0.2, 0) is 33.3 Å². The predicted molar refractivity (Wildman–Crippen MR) is 124 cm³/mol. The molecule has 4 rings (SSSR count). The summed E-state index contributed by atoms with van der Waals surface area (Å²) >= 11 is 0. The monoisotopic (exact) mass is 502 g/mol. The average Bonchev–Trinajstić information content (AvgIpc) is 2.84. The highest BCUT2D eigenvalue weighted by atomic mass is 32.2. The van der Waals surface area contributed by atoms with E-state index in [1.54, 1.807) is 0 Å². The van der Waals surface area contributed by atoms with E-state index in [9.17, 15) is 25.9 Å². The number of fused-ring (bicyclic) bond motifs is 1. The van der Waals surface area contributed by atoms with Crippen molar-refractivity contribution in [3.8, 4) is 0 Å². The molecule has 0 atom stereocenters. The number of nitrogens with zero attached hydrogens (tertiary/aromatic N) is 2. The molecule has 180 valence electrons. The largest absolute Gasteiger partial charge is 0.744 e. The number of pyridine rings is 2. The molecule has 0 amide bonds. The maximum Gasteiger partial charge on any atom is 0.168 e.